The average molecular weight is 240 g/mol. The van der Waals surface area contributed by atoms with Gasteiger partial charge in [0.25, 0.3) is 0 Å². The van der Waals surface area contributed by atoms with Gasteiger partial charge in [-0.2, -0.15) is 0 Å². The quantitative estimate of drug-likeness (QED) is 0.313. The standard InChI is InChI=1S/C10H13FN4O2/c11-6-1-2-8(12)7(5-6)10(17)9(16)3-4-14-15-13/h1-2,5,9-10,16-17H,3-4,12H2. The van der Waals surface area contributed by atoms with Crippen molar-refractivity contribution >= 4 is 5.69 Å². The van der Waals surface area contributed by atoms with E-state index in [1.54, 1.807) is 0 Å². The predicted molar refractivity (Wildman–Crippen MR) is 60.4 cm³/mol. The van der Waals surface area contributed by atoms with Crippen molar-refractivity contribution in [2.75, 3.05) is 12.3 Å². The summed E-state index contributed by atoms with van der Waals surface area (Å²) in [5.41, 5.74) is 13.9. The number of nitrogens with zero attached hydrogens (tertiary/aromatic N) is 3. The zero-order valence-corrected chi connectivity index (χ0v) is 8.99. The van der Waals surface area contributed by atoms with Gasteiger partial charge < -0.3 is 15.9 Å². The second-order valence-electron chi connectivity index (χ2n) is 3.53. The van der Waals surface area contributed by atoms with E-state index < -0.39 is 18.0 Å². The van der Waals surface area contributed by atoms with Crippen LogP contribution >= 0.6 is 0 Å². The molecule has 1 aromatic rings. The Balaban J connectivity index is 2.76. The first-order valence-electron chi connectivity index (χ1n) is 4.98. The number of nitrogen functional groups attached to an aromatic ring is 1. The van der Waals surface area contributed by atoms with E-state index in [1.165, 1.54) is 6.07 Å². The van der Waals surface area contributed by atoms with E-state index in [0.29, 0.717) is 0 Å². The molecule has 2 unspecified atom stereocenters. The van der Waals surface area contributed by atoms with Crippen molar-refractivity contribution in [3.8, 4) is 0 Å². The molecule has 0 amide bonds. The second kappa shape index (κ2) is 6.05. The van der Waals surface area contributed by atoms with Gasteiger partial charge in [-0.25, -0.2) is 4.39 Å². The molecule has 0 aliphatic heterocycles. The van der Waals surface area contributed by atoms with Gasteiger partial charge in [-0.15, -0.1) is 0 Å². The van der Waals surface area contributed by atoms with Crippen LogP contribution in [0.2, 0.25) is 0 Å². The Hall–Kier alpha value is -1.82. The minimum atomic E-state index is -1.31. The number of benzene rings is 1. The summed E-state index contributed by atoms with van der Waals surface area (Å²) in [6.45, 7) is 0.0456. The second-order valence-corrected chi connectivity index (χ2v) is 3.53. The highest BCUT2D eigenvalue weighted by atomic mass is 19.1. The Morgan fingerprint density at radius 1 is 1.47 bits per heavy atom. The molecule has 1 rings (SSSR count). The van der Waals surface area contributed by atoms with Gasteiger partial charge in [-0.1, -0.05) is 5.11 Å². The summed E-state index contributed by atoms with van der Waals surface area (Å²) in [5.74, 6) is -0.546. The van der Waals surface area contributed by atoms with Crippen molar-refractivity contribution in [2.45, 2.75) is 18.6 Å². The molecule has 0 bridgehead atoms. The van der Waals surface area contributed by atoms with Gasteiger partial charge in [-0.05, 0) is 30.2 Å². The number of azide groups is 1. The summed E-state index contributed by atoms with van der Waals surface area (Å²) in [6.07, 6.45) is -2.40. The number of hydrogen-bond acceptors (Lipinski definition) is 4. The molecule has 2 atom stereocenters. The molecule has 0 aromatic heterocycles. The average Bonchev–Trinajstić information content (AvgIpc) is 2.31. The van der Waals surface area contributed by atoms with Crippen LogP contribution in [-0.2, 0) is 0 Å². The summed E-state index contributed by atoms with van der Waals surface area (Å²) < 4.78 is 13.0. The van der Waals surface area contributed by atoms with Crippen LogP contribution in [0.3, 0.4) is 0 Å². The summed E-state index contributed by atoms with van der Waals surface area (Å²) in [7, 11) is 0. The van der Waals surface area contributed by atoms with Gasteiger partial charge in [0, 0.05) is 22.7 Å². The molecule has 1 aromatic carbocycles. The summed E-state index contributed by atoms with van der Waals surface area (Å²) in [5, 5.41) is 22.6. The smallest absolute Gasteiger partial charge is 0.123 e. The van der Waals surface area contributed by atoms with Crippen LogP contribution in [0.1, 0.15) is 18.1 Å². The Bertz CT molecular complexity index is 434. The maximum atomic E-state index is 13.0. The Labute approximate surface area is 97.1 Å². The monoisotopic (exact) mass is 240 g/mol. The zero-order valence-electron chi connectivity index (χ0n) is 8.99. The lowest BCUT2D eigenvalue weighted by Gasteiger charge is -2.18. The molecule has 0 spiro atoms. The van der Waals surface area contributed by atoms with Crippen LogP contribution in [0.5, 0.6) is 0 Å². The van der Waals surface area contributed by atoms with E-state index in [-0.39, 0.29) is 24.2 Å². The molecule has 17 heavy (non-hydrogen) atoms. The molecule has 92 valence electrons. The third-order valence-electron chi connectivity index (χ3n) is 2.32. The van der Waals surface area contributed by atoms with Gasteiger partial charge >= 0.3 is 0 Å². The van der Waals surface area contributed by atoms with Gasteiger partial charge in [0.1, 0.15) is 11.9 Å². The van der Waals surface area contributed by atoms with Crippen LogP contribution in [0.25, 0.3) is 10.4 Å². The lowest BCUT2D eigenvalue weighted by atomic mass is 10.0. The van der Waals surface area contributed by atoms with Crippen LogP contribution < -0.4 is 5.73 Å². The highest BCUT2D eigenvalue weighted by Crippen LogP contribution is 2.25. The lowest BCUT2D eigenvalue weighted by Crippen LogP contribution is -2.20. The van der Waals surface area contributed by atoms with Crippen LogP contribution in [0, 0.1) is 5.82 Å². The number of halogens is 1. The van der Waals surface area contributed by atoms with E-state index in [9.17, 15) is 14.6 Å². The summed E-state index contributed by atoms with van der Waals surface area (Å²) in [6, 6.07) is 3.54. The molecule has 0 heterocycles. The minimum Gasteiger partial charge on any atom is -0.398 e. The fourth-order valence-corrected chi connectivity index (χ4v) is 1.40. The fourth-order valence-electron chi connectivity index (χ4n) is 1.40. The van der Waals surface area contributed by atoms with Crippen molar-refractivity contribution in [3.63, 3.8) is 0 Å². The van der Waals surface area contributed by atoms with E-state index in [2.05, 4.69) is 10.0 Å². The SMILES string of the molecule is [N-]=[N+]=NCCC(O)C(O)c1cc(F)ccc1N. The third-order valence-corrected chi connectivity index (χ3v) is 2.32. The van der Waals surface area contributed by atoms with Gasteiger partial charge in [-0.3, -0.25) is 0 Å². The lowest BCUT2D eigenvalue weighted by molar-refractivity contribution is 0.0153. The first-order valence-corrected chi connectivity index (χ1v) is 4.98. The molecule has 0 saturated heterocycles. The summed E-state index contributed by atoms with van der Waals surface area (Å²) >= 11 is 0. The predicted octanol–water partition coefficient (Wildman–Crippen LogP) is 1.50. The zero-order chi connectivity index (χ0) is 12.8. The summed E-state index contributed by atoms with van der Waals surface area (Å²) in [4.78, 5) is 2.52. The molecule has 6 nitrogen and oxygen atoms in total. The van der Waals surface area contributed by atoms with E-state index in [0.717, 1.165) is 12.1 Å². The molecular formula is C10H13FN4O2. The Morgan fingerprint density at radius 3 is 2.82 bits per heavy atom. The maximum Gasteiger partial charge on any atom is 0.123 e. The topological polar surface area (TPSA) is 115 Å². The molecule has 0 radical (unpaired) electrons. The number of hydrogen-bond donors (Lipinski definition) is 3. The van der Waals surface area contributed by atoms with Crippen molar-refractivity contribution in [1.82, 2.24) is 0 Å². The van der Waals surface area contributed by atoms with Crippen LogP contribution in [0.4, 0.5) is 10.1 Å². The number of aliphatic hydroxyl groups is 2. The number of anilines is 1. The van der Waals surface area contributed by atoms with Crippen molar-refractivity contribution in [1.29, 1.82) is 0 Å². The normalized spacial score (nSPS) is 13.8. The van der Waals surface area contributed by atoms with Gasteiger partial charge in [0.2, 0.25) is 0 Å². The highest BCUT2D eigenvalue weighted by Gasteiger charge is 2.20. The molecule has 0 aliphatic rings. The van der Waals surface area contributed by atoms with E-state index in [1.807, 2.05) is 0 Å². The molecule has 7 heteroatoms. The Kier molecular flexibility index (Phi) is 4.71. The minimum absolute atomic E-state index is 0.0456. The van der Waals surface area contributed by atoms with Crippen molar-refractivity contribution in [3.05, 3.63) is 40.0 Å². The molecule has 0 fully saturated rings. The third kappa shape index (κ3) is 3.60. The van der Waals surface area contributed by atoms with Crippen molar-refractivity contribution in [2.24, 2.45) is 5.11 Å². The molecule has 0 aliphatic carbocycles. The maximum absolute atomic E-state index is 13.0. The van der Waals surface area contributed by atoms with Gasteiger partial charge in [0.15, 0.2) is 0 Å². The first-order chi connectivity index (χ1) is 8.06. The van der Waals surface area contributed by atoms with Crippen LogP contribution in [0.15, 0.2) is 23.3 Å². The number of aliphatic hydroxyl groups excluding tert-OH is 2. The Morgan fingerprint density at radius 2 is 2.18 bits per heavy atom. The van der Waals surface area contributed by atoms with Gasteiger partial charge in [0.05, 0.1) is 6.10 Å². The first kappa shape index (κ1) is 13.2. The molecular weight excluding hydrogens is 227 g/mol. The van der Waals surface area contributed by atoms with Crippen molar-refractivity contribution < 1.29 is 14.6 Å². The van der Waals surface area contributed by atoms with E-state index >= 15 is 0 Å². The van der Waals surface area contributed by atoms with Crippen LogP contribution in [-0.4, -0.2) is 22.9 Å². The number of rotatable bonds is 5. The largest absolute Gasteiger partial charge is 0.398 e. The molecule has 4 N–H and O–H groups in total. The fraction of sp³-hybridized carbons (Fsp3) is 0.400. The number of nitrogens with two attached hydrogens (primary N) is 1. The highest BCUT2D eigenvalue weighted by molar-refractivity contribution is 5.48. The molecule has 0 saturated carbocycles. The van der Waals surface area contributed by atoms with E-state index in [4.69, 9.17) is 11.3 Å².